The molecule has 3 rings (SSSR count). The molecule has 0 fully saturated rings. The SMILES string of the molecule is CC(NC(=O)c1c(N(c2ccc(Cl)cc2)S(=O)(=O)O)c(C2=CCC(F)(F)CC2)nn1C)C(C)(C)C. The third-order valence-corrected chi connectivity index (χ3v) is 7.20. The van der Waals surface area contributed by atoms with Crippen LogP contribution >= 0.6 is 11.6 Å². The molecule has 2 aromatic rings. The van der Waals surface area contributed by atoms with Crippen LogP contribution in [0.2, 0.25) is 5.02 Å². The van der Waals surface area contributed by atoms with Gasteiger partial charge in [0.05, 0.1) is 5.69 Å². The van der Waals surface area contributed by atoms with E-state index >= 15 is 0 Å². The Morgan fingerprint density at radius 2 is 1.89 bits per heavy atom. The molecule has 0 radical (unpaired) electrons. The van der Waals surface area contributed by atoms with Gasteiger partial charge in [-0.3, -0.25) is 14.0 Å². The van der Waals surface area contributed by atoms with Crippen LogP contribution in [0.4, 0.5) is 20.2 Å². The lowest BCUT2D eigenvalue weighted by molar-refractivity contribution is -0.00606. The fourth-order valence-electron chi connectivity index (χ4n) is 3.62. The zero-order valence-electron chi connectivity index (χ0n) is 20.1. The van der Waals surface area contributed by atoms with Crippen LogP contribution in [0.25, 0.3) is 5.57 Å². The molecule has 0 saturated carbocycles. The predicted molar refractivity (Wildman–Crippen MR) is 132 cm³/mol. The van der Waals surface area contributed by atoms with Crippen LogP contribution in [0.5, 0.6) is 0 Å². The summed E-state index contributed by atoms with van der Waals surface area (Å²) >= 11 is 5.95. The number of allylic oxidation sites excluding steroid dienone is 2. The van der Waals surface area contributed by atoms with E-state index in [1.54, 1.807) is 6.92 Å². The second-order valence-corrected chi connectivity index (χ2v) is 11.4. The van der Waals surface area contributed by atoms with Crippen LogP contribution in [0, 0.1) is 5.41 Å². The highest BCUT2D eigenvalue weighted by Gasteiger charge is 2.38. The Balaban J connectivity index is 2.27. The summed E-state index contributed by atoms with van der Waals surface area (Å²) in [6.07, 6.45) is 0.202. The first-order valence-electron chi connectivity index (χ1n) is 11.0. The Labute approximate surface area is 208 Å². The fourth-order valence-corrected chi connectivity index (χ4v) is 4.54. The van der Waals surface area contributed by atoms with Crippen molar-refractivity contribution < 1.29 is 26.5 Å². The maximum absolute atomic E-state index is 13.8. The Morgan fingerprint density at radius 1 is 1.29 bits per heavy atom. The van der Waals surface area contributed by atoms with Gasteiger partial charge < -0.3 is 5.32 Å². The number of carbonyl (C=O) groups excluding carboxylic acids is 1. The molecule has 8 nitrogen and oxygen atoms in total. The van der Waals surface area contributed by atoms with E-state index in [2.05, 4.69) is 10.4 Å². The van der Waals surface area contributed by atoms with Crippen molar-refractivity contribution in [3.63, 3.8) is 0 Å². The number of amides is 1. The summed E-state index contributed by atoms with van der Waals surface area (Å²) in [6, 6.07) is 5.24. The molecule has 0 bridgehead atoms. The molecule has 1 aliphatic rings. The maximum atomic E-state index is 13.8. The van der Waals surface area contributed by atoms with Gasteiger partial charge in [0.1, 0.15) is 11.4 Å². The van der Waals surface area contributed by atoms with Gasteiger partial charge in [-0.1, -0.05) is 38.4 Å². The van der Waals surface area contributed by atoms with Crippen molar-refractivity contribution in [3.8, 4) is 0 Å². The smallest absolute Gasteiger partial charge is 0.348 e. The van der Waals surface area contributed by atoms with E-state index in [1.165, 1.54) is 42.1 Å². The second-order valence-electron chi connectivity index (χ2n) is 9.74. The highest BCUT2D eigenvalue weighted by Crippen LogP contribution is 2.43. The summed E-state index contributed by atoms with van der Waals surface area (Å²) in [5.41, 5.74) is -0.329. The van der Waals surface area contributed by atoms with E-state index in [0.717, 1.165) is 0 Å². The van der Waals surface area contributed by atoms with Crippen LogP contribution in [0.15, 0.2) is 30.3 Å². The number of benzene rings is 1. The van der Waals surface area contributed by atoms with Crippen LogP contribution in [0.3, 0.4) is 0 Å². The Morgan fingerprint density at radius 3 is 2.37 bits per heavy atom. The summed E-state index contributed by atoms with van der Waals surface area (Å²) in [5, 5.41) is 7.52. The quantitative estimate of drug-likeness (QED) is 0.488. The average molecular weight is 531 g/mol. The third-order valence-electron chi connectivity index (χ3n) is 6.09. The van der Waals surface area contributed by atoms with Crippen LogP contribution in [-0.2, 0) is 17.4 Å². The van der Waals surface area contributed by atoms with Gasteiger partial charge in [-0.2, -0.15) is 13.5 Å². The summed E-state index contributed by atoms with van der Waals surface area (Å²) in [6.45, 7) is 7.59. The van der Waals surface area contributed by atoms with Crippen molar-refractivity contribution in [2.45, 2.75) is 58.9 Å². The molecule has 0 saturated heterocycles. The molecule has 0 spiro atoms. The number of hydrogen-bond donors (Lipinski definition) is 2. The fraction of sp³-hybridized carbons (Fsp3) is 0.478. The number of aromatic nitrogens is 2. The molecule has 0 aliphatic heterocycles. The van der Waals surface area contributed by atoms with Gasteiger partial charge in [-0.15, -0.1) is 0 Å². The van der Waals surface area contributed by atoms with E-state index in [9.17, 15) is 26.5 Å². The summed E-state index contributed by atoms with van der Waals surface area (Å²) in [5.74, 6) is -3.52. The van der Waals surface area contributed by atoms with Crippen LogP contribution in [-0.4, -0.2) is 40.6 Å². The minimum Gasteiger partial charge on any atom is -0.348 e. The molecule has 1 aromatic carbocycles. The van der Waals surface area contributed by atoms with Crippen molar-refractivity contribution in [2.75, 3.05) is 4.31 Å². The van der Waals surface area contributed by atoms with Crippen molar-refractivity contribution in [2.24, 2.45) is 12.5 Å². The summed E-state index contributed by atoms with van der Waals surface area (Å²) in [7, 11) is -3.54. The molecule has 12 heteroatoms. The molecule has 2 N–H and O–H groups in total. The molecule has 192 valence electrons. The van der Waals surface area contributed by atoms with Crippen molar-refractivity contribution >= 4 is 44.8 Å². The van der Waals surface area contributed by atoms with E-state index in [-0.39, 0.29) is 40.6 Å². The maximum Gasteiger partial charge on any atom is 0.364 e. The van der Waals surface area contributed by atoms with Gasteiger partial charge in [0.2, 0.25) is 0 Å². The Kier molecular flexibility index (Phi) is 7.36. The minimum atomic E-state index is -4.99. The van der Waals surface area contributed by atoms with E-state index in [4.69, 9.17) is 11.6 Å². The molecule has 1 aromatic heterocycles. The van der Waals surface area contributed by atoms with Crippen molar-refractivity contribution in [1.82, 2.24) is 15.1 Å². The topological polar surface area (TPSA) is 105 Å². The highest BCUT2D eigenvalue weighted by molar-refractivity contribution is 7.87. The molecule has 1 heterocycles. The van der Waals surface area contributed by atoms with Gasteiger partial charge >= 0.3 is 10.3 Å². The molecule has 1 aliphatic carbocycles. The lowest BCUT2D eigenvalue weighted by Crippen LogP contribution is -2.42. The summed E-state index contributed by atoms with van der Waals surface area (Å²) in [4.78, 5) is 13.4. The molecular formula is C23H29ClF2N4O4S. The standard InChI is InChI=1S/C23H29ClF2N4O4S/c1-14(22(2,3)4)27-21(31)20-19(30(35(32,33)34)17-8-6-16(24)7-9-17)18(28-29(20)5)15-10-12-23(25,26)13-11-15/h6-10,14H,11-13H2,1-5H3,(H,27,31)(H,32,33,34). The number of anilines is 2. The number of alkyl halides is 2. The molecule has 1 unspecified atom stereocenters. The summed E-state index contributed by atoms with van der Waals surface area (Å²) < 4.78 is 65.0. The van der Waals surface area contributed by atoms with Gasteiger partial charge in [0.25, 0.3) is 11.8 Å². The van der Waals surface area contributed by atoms with E-state index in [0.29, 0.717) is 14.9 Å². The van der Waals surface area contributed by atoms with Crippen LogP contribution in [0.1, 0.15) is 63.1 Å². The number of nitrogens with one attached hydrogen (secondary N) is 1. The normalized spacial score (nSPS) is 17.0. The number of nitrogens with zero attached hydrogens (tertiary/aromatic N) is 3. The minimum absolute atomic E-state index is 0.00851. The highest BCUT2D eigenvalue weighted by atomic mass is 35.5. The van der Waals surface area contributed by atoms with Gasteiger partial charge in [0.15, 0.2) is 5.69 Å². The second kappa shape index (κ2) is 9.51. The first-order chi connectivity index (χ1) is 16.0. The zero-order valence-corrected chi connectivity index (χ0v) is 21.7. The first kappa shape index (κ1) is 27.1. The lowest BCUT2D eigenvalue weighted by Gasteiger charge is -2.29. The first-order valence-corrected chi connectivity index (χ1v) is 12.8. The monoisotopic (exact) mass is 530 g/mol. The number of rotatable bonds is 6. The number of hydrogen-bond acceptors (Lipinski definition) is 4. The van der Waals surface area contributed by atoms with E-state index in [1.807, 2.05) is 20.8 Å². The Hall–Kier alpha value is -2.50. The zero-order chi connectivity index (χ0) is 26.3. The average Bonchev–Trinajstić information content (AvgIpc) is 3.04. The molecule has 1 atom stereocenters. The van der Waals surface area contributed by atoms with Gasteiger partial charge in [-0.25, -0.2) is 13.1 Å². The Bertz CT molecular complexity index is 1250. The number of halogens is 3. The predicted octanol–water partition coefficient (Wildman–Crippen LogP) is 5.38. The molecular weight excluding hydrogens is 502 g/mol. The molecule has 35 heavy (non-hydrogen) atoms. The van der Waals surface area contributed by atoms with Gasteiger partial charge in [0, 0.05) is 31.0 Å². The number of aryl methyl sites for hydroxylation is 1. The van der Waals surface area contributed by atoms with Gasteiger partial charge in [-0.05, 0) is 48.6 Å². The molecule has 1 amide bonds. The van der Waals surface area contributed by atoms with Crippen molar-refractivity contribution in [1.29, 1.82) is 0 Å². The van der Waals surface area contributed by atoms with Crippen LogP contribution < -0.4 is 9.62 Å². The van der Waals surface area contributed by atoms with Crippen molar-refractivity contribution in [3.05, 3.63) is 46.8 Å². The van der Waals surface area contributed by atoms with E-state index < -0.39 is 35.0 Å². The lowest BCUT2D eigenvalue weighted by atomic mass is 9.88. The third kappa shape index (κ3) is 6.02. The number of carbonyl (C=O) groups is 1. The largest absolute Gasteiger partial charge is 0.364 e.